The first-order chi connectivity index (χ1) is 7.15. The van der Waals surface area contributed by atoms with Crippen molar-refractivity contribution in [2.24, 2.45) is 11.7 Å². The fourth-order valence-corrected chi connectivity index (χ4v) is 1.29. The van der Waals surface area contributed by atoms with E-state index in [9.17, 15) is 4.79 Å². The fraction of sp³-hybridized carbons (Fsp3) is 0.417. The van der Waals surface area contributed by atoms with Crippen LogP contribution in [-0.4, -0.2) is 12.5 Å². The topological polar surface area (TPSA) is 55.1 Å². The predicted molar refractivity (Wildman–Crippen MR) is 61.2 cm³/mol. The molecule has 0 saturated heterocycles. The van der Waals surface area contributed by atoms with E-state index < -0.39 is 0 Å². The third-order valence-electron chi connectivity index (χ3n) is 2.46. The van der Waals surface area contributed by atoms with Crippen LogP contribution in [0.4, 0.5) is 0 Å². The highest BCUT2D eigenvalue weighted by molar-refractivity contribution is 5.78. The SMILES string of the molecule is C[C@H](NC(=O)[C@@H](C)CN)c1ccccc1. The van der Waals surface area contributed by atoms with E-state index in [2.05, 4.69) is 5.32 Å². The van der Waals surface area contributed by atoms with Crippen LogP contribution in [0.3, 0.4) is 0 Å². The molecule has 0 spiro atoms. The number of nitrogens with two attached hydrogens (primary N) is 1. The van der Waals surface area contributed by atoms with Crippen molar-refractivity contribution in [3.63, 3.8) is 0 Å². The first kappa shape index (κ1) is 11.7. The number of benzene rings is 1. The van der Waals surface area contributed by atoms with E-state index >= 15 is 0 Å². The molecular weight excluding hydrogens is 188 g/mol. The molecule has 1 aromatic carbocycles. The van der Waals surface area contributed by atoms with Crippen LogP contribution in [0, 0.1) is 5.92 Å². The number of carbonyl (C=O) groups excluding carboxylic acids is 1. The van der Waals surface area contributed by atoms with Gasteiger partial charge in [-0.2, -0.15) is 0 Å². The lowest BCUT2D eigenvalue weighted by molar-refractivity contribution is -0.124. The van der Waals surface area contributed by atoms with Crippen LogP contribution in [0.1, 0.15) is 25.5 Å². The minimum Gasteiger partial charge on any atom is -0.349 e. The molecule has 0 aliphatic carbocycles. The average molecular weight is 206 g/mol. The standard InChI is InChI=1S/C12H18N2O/c1-9(8-13)12(15)14-10(2)11-6-4-3-5-7-11/h3-7,9-10H,8,13H2,1-2H3,(H,14,15)/t9-,10-/m0/s1. The molecule has 0 unspecified atom stereocenters. The van der Waals surface area contributed by atoms with Crippen LogP contribution in [0.25, 0.3) is 0 Å². The van der Waals surface area contributed by atoms with Gasteiger partial charge in [0, 0.05) is 12.5 Å². The highest BCUT2D eigenvalue weighted by atomic mass is 16.1. The summed E-state index contributed by atoms with van der Waals surface area (Å²) in [6.45, 7) is 4.18. The molecule has 3 N–H and O–H groups in total. The van der Waals surface area contributed by atoms with Crippen LogP contribution >= 0.6 is 0 Å². The Labute approximate surface area is 90.7 Å². The molecule has 0 aliphatic rings. The van der Waals surface area contributed by atoms with Gasteiger partial charge in [-0.05, 0) is 12.5 Å². The van der Waals surface area contributed by atoms with Crippen molar-refractivity contribution in [1.29, 1.82) is 0 Å². The van der Waals surface area contributed by atoms with Crippen molar-refractivity contribution in [1.82, 2.24) is 5.32 Å². The average Bonchev–Trinajstić information content (AvgIpc) is 2.29. The van der Waals surface area contributed by atoms with Crippen molar-refractivity contribution >= 4 is 5.91 Å². The van der Waals surface area contributed by atoms with E-state index in [1.807, 2.05) is 44.2 Å². The van der Waals surface area contributed by atoms with Crippen molar-refractivity contribution < 1.29 is 4.79 Å². The number of hydrogen-bond acceptors (Lipinski definition) is 2. The largest absolute Gasteiger partial charge is 0.349 e. The first-order valence-electron chi connectivity index (χ1n) is 5.20. The molecule has 2 atom stereocenters. The van der Waals surface area contributed by atoms with Gasteiger partial charge in [0.1, 0.15) is 0 Å². The molecule has 3 heteroatoms. The molecule has 0 aromatic heterocycles. The van der Waals surface area contributed by atoms with Crippen LogP contribution in [0.2, 0.25) is 0 Å². The number of hydrogen-bond donors (Lipinski definition) is 2. The van der Waals surface area contributed by atoms with Crippen molar-refractivity contribution in [3.05, 3.63) is 35.9 Å². The summed E-state index contributed by atoms with van der Waals surface area (Å²) >= 11 is 0. The Morgan fingerprint density at radius 3 is 2.47 bits per heavy atom. The summed E-state index contributed by atoms with van der Waals surface area (Å²) in [6, 6.07) is 9.92. The normalized spacial score (nSPS) is 14.3. The van der Waals surface area contributed by atoms with Gasteiger partial charge in [-0.1, -0.05) is 37.3 Å². The second-order valence-electron chi connectivity index (χ2n) is 3.78. The Kier molecular flexibility index (Phi) is 4.31. The molecule has 3 nitrogen and oxygen atoms in total. The van der Waals surface area contributed by atoms with E-state index in [1.54, 1.807) is 0 Å². The van der Waals surface area contributed by atoms with Gasteiger partial charge in [-0.15, -0.1) is 0 Å². The Balaban J connectivity index is 2.56. The van der Waals surface area contributed by atoms with Gasteiger partial charge < -0.3 is 11.1 Å². The molecule has 0 radical (unpaired) electrons. The summed E-state index contributed by atoms with van der Waals surface area (Å²) in [7, 11) is 0. The smallest absolute Gasteiger partial charge is 0.224 e. The molecule has 1 aromatic rings. The summed E-state index contributed by atoms with van der Waals surface area (Å²) in [6.07, 6.45) is 0. The van der Waals surface area contributed by atoms with Crippen LogP contribution in [-0.2, 0) is 4.79 Å². The molecule has 1 rings (SSSR count). The maximum Gasteiger partial charge on any atom is 0.224 e. The lowest BCUT2D eigenvalue weighted by Gasteiger charge is -2.16. The van der Waals surface area contributed by atoms with Crippen LogP contribution in [0.15, 0.2) is 30.3 Å². The molecule has 82 valence electrons. The quantitative estimate of drug-likeness (QED) is 0.783. The summed E-state index contributed by atoms with van der Waals surface area (Å²) in [4.78, 5) is 11.6. The van der Waals surface area contributed by atoms with E-state index in [0.717, 1.165) is 5.56 Å². The summed E-state index contributed by atoms with van der Waals surface area (Å²) in [5.74, 6) is -0.120. The van der Waals surface area contributed by atoms with Crippen LogP contribution < -0.4 is 11.1 Å². The Morgan fingerprint density at radius 1 is 1.33 bits per heavy atom. The molecule has 15 heavy (non-hydrogen) atoms. The monoisotopic (exact) mass is 206 g/mol. The molecule has 0 heterocycles. The number of amides is 1. The van der Waals surface area contributed by atoms with Gasteiger partial charge in [0.2, 0.25) is 5.91 Å². The molecule has 0 saturated carbocycles. The highest BCUT2D eigenvalue weighted by Gasteiger charge is 2.14. The zero-order valence-corrected chi connectivity index (χ0v) is 9.23. The third kappa shape index (κ3) is 3.36. The molecule has 0 fully saturated rings. The second kappa shape index (κ2) is 5.51. The zero-order valence-electron chi connectivity index (χ0n) is 9.23. The lowest BCUT2D eigenvalue weighted by Crippen LogP contribution is -2.34. The lowest BCUT2D eigenvalue weighted by atomic mass is 10.1. The third-order valence-corrected chi connectivity index (χ3v) is 2.46. The molecule has 0 bridgehead atoms. The Morgan fingerprint density at radius 2 is 1.93 bits per heavy atom. The second-order valence-corrected chi connectivity index (χ2v) is 3.78. The minimum absolute atomic E-state index is 0.00820. The maximum absolute atomic E-state index is 11.6. The molecular formula is C12H18N2O. The van der Waals surface area contributed by atoms with Gasteiger partial charge in [0.05, 0.1) is 6.04 Å². The fourth-order valence-electron chi connectivity index (χ4n) is 1.29. The molecule has 1 amide bonds. The van der Waals surface area contributed by atoms with E-state index in [-0.39, 0.29) is 17.9 Å². The Bertz CT molecular complexity index is 311. The number of carbonyl (C=O) groups is 1. The minimum atomic E-state index is -0.129. The van der Waals surface area contributed by atoms with Crippen molar-refractivity contribution in [2.45, 2.75) is 19.9 Å². The van der Waals surface area contributed by atoms with Gasteiger partial charge >= 0.3 is 0 Å². The van der Waals surface area contributed by atoms with Crippen molar-refractivity contribution in [2.75, 3.05) is 6.54 Å². The summed E-state index contributed by atoms with van der Waals surface area (Å²) in [5, 5.41) is 2.93. The van der Waals surface area contributed by atoms with Crippen molar-refractivity contribution in [3.8, 4) is 0 Å². The highest BCUT2D eigenvalue weighted by Crippen LogP contribution is 2.11. The van der Waals surface area contributed by atoms with E-state index in [1.165, 1.54) is 0 Å². The molecule has 0 aliphatic heterocycles. The zero-order chi connectivity index (χ0) is 11.3. The first-order valence-corrected chi connectivity index (χ1v) is 5.20. The van der Waals surface area contributed by atoms with Gasteiger partial charge in [-0.3, -0.25) is 4.79 Å². The Hall–Kier alpha value is -1.35. The van der Waals surface area contributed by atoms with Gasteiger partial charge in [0.25, 0.3) is 0 Å². The predicted octanol–water partition coefficient (Wildman–Crippen LogP) is 1.46. The number of nitrogens with one attached hydrogen (secondary N) is 1. The summed E-state index contributed by atoms with van der Waals surface area (Å²) in [5.41, 5.74) is 6.53. The van der Waals surface area contributed by atoms with Gasteiger partial charge in [0.15, 0.2) is 0 Å². The van der Waals surface area contributed by atoms with Gasteiger partial charge in [-0.25, -0.2) is 0 Å². The van der Waals surface area contributed by atoms with E-state index in [4.69, 9.17) is 5.73 Å². The van der Waals surface area contributed by atoms with Crippen LogP contribution in [0.5, 0.6) is 0 Å². The number of rotatable bonds is 4. The maximum atomic E-state index is 11.6. The summed E-state index contributed by atoms with van der Waals surface area (Å²) < 4.78 is 0. The van der Waals surface area contributed by atoms with E-state index in [0.29, 0.717) is 6.54 Å².